The van der Waals surface area contributed by atoms with Crippen molar-refractivity contribution in [3.63, 3.8) is 0 Å². The van der Waals surface area contributed by atoms with Crippen molar-refractivity contribution < 1.29 is 0 Å². The molecule has 0 N–H and O–H groups in total. The highest BCUT2D eigenvalue weighted by atomic mass is 35.5. The van der Waals surface area contributed by atoms with Gasteiger partial charge in [0, 0.05) is 10.6 Å². The molecular weight excluding hydrogens is 312 g/mol. The lowest BCUT2D eigenvalue weighted by Crippen LogP contribution is -1.84. The predicted octanol–water partition coefficient (Wildman–Crippen LogP) is 5.84. The summed E-state index contributed by atoms with van der Waals surface area (Å²) in [6.07, 6.45) is 0. The maximum Gasteiger partial charge on any atom is 0.101 e. The van der Waals surface area contributed by atoms with Crippen molar-refractivity contribution in [3.05, 3.63) is 56.0 Å². The van der Waals surface area contributed by atoms with E-state index in [1.807, 2.05) is 6.07 Å². The van der Waals surface area contributed by atoms with Gasteiger partial charge in [0.05, 0.1) is 20.6 Å². The lowest BCUT2D eigenvalue weighted by Gasteiger charge is -2.08. The fourth-order valence-corrected chi connectivity index (χ4v) is 2.42. The highest BCUT2D eigenvalue weighted by Crippen LogP contribution is 2.37. The van der Waals surface area contributed by atoms with Crippen LogP contribution in [0, 0.1) is 11.3 Å². The van der Waals surface area contributed by atoms with Crippen molar-refractivity contribution in [2.45, 2.75) is 0 Å². The van der Waals surface area contributed by atoms with Crippen LogP contribution in [0.1, 0.15) is 5.56 Å². The Kier molecular flexibility index (Phi) is 4.04. The van der Waals surface area contributed by atoms with Crippen LogP contribution in [0.5, 0.6) is 0 Å². The number of nitrogens with zero attached hydrogens (tertiary/aromatic N) is 1. The molecule has 2 rings (SSSR count). The van der Waals surface area contributed by atoms with Crippen LogP contribution in [0.25, 0.3) is 11.1 Å². The minimum absolute atomic E-state index is 0.368. The average Bonchev–Trinajstić information content (AvgIpc) is 2.34. The van der Waals surface area contributed by atoms with Gasteiger partial charge in [-0.1, -0.05) is 52.5 Å². The zero-order valence-electron chi connectivity index (χ0n) is 8.85. The third-order valence-electron chi connectivity index (χ3n) is 2.39. The maximum absolute atomic E-state index is 8.95. The lowest BCUT2D eigenvalue weighted by molar-refractivity contribution is 1.48. The zero-order chi connectivity index (χ0) is 13.3. The average molecular weight is 317 g/mol. The predicted molar refractivity (Wildman–Crippen MR) is 76.6 cm³/mol. The van der Waals surface area contributed by atoms with E-state index in [-0.39, 0.29) is 0 Å². The van der Waals surface area contributed by atoms with Crippen LogP contribution in [0.15, 0.2) is 30.3 Å². The Labute approximate surface area is 124 Å². The fraction of sp³-hybridized carbons (Fsp3) is 0. The van der Waals surface area contributed by atoms with Gasteiger partial charge in [-0.2, -0.15) is 5.26 Å². The quantitative estimate of drug-likeness (QED) is 0.606. The highest BCUT2D eigenvalue weighted by molar-refractivity contribution is 6.45. The number of rotatable bonds is 1. The summed E-state index contributed by atoms with van der Waals surface area (Å²) in [4.78, 5) is 0. The first-order valence-electron chi connectivity index (χ1n) is 4.87. The Morgan fingerprint density at radius 1 is 0.889 bits per heavy atom. The molecule has 0 atom stereocenters. The van der Waals surface area contributed by atoms with Crippen molar-refractivity contribution in [1.29, 1.82) is 5.26 Å². The van der Waals surface area contributed by atoms with E-state index in [2.05, 4.69) is 0 Å². The molecule has 2 aromatic carbocycles. The molecule has 0 bridgehead atoms. The number of benzene rings is 2. The number of hydrogen-bond donors (Lipinski definition) is 0. The molecule has 0 amide bonds. The molecular formula is C13H5Cl4N. The number of halogens is 4. The van der Waals surface area contributed by atoms with Crippen LogP contribution in [0.4, 0.5) is 0 Å². The molecule has 0 radical (unpaired) electrons. The second-order valence-electron chi connectivity index (χ2n) is 3.56. The maximum atomic E-state index is 8.95. The zero-order valence-corrected chi connectivity index (χ0v) is 11.9. The van der Waals surface area contributed by atoms with Gasteiger partial charge in [0.15, 0.2) is 0 Å². The summed E-state index contributed by atoms with van der Waals surface area (Å²) >= 11 is 23.9. The molecule has 0 fully saturated rings. The van der Waals surface area contributed by atoms with Crippen molar-refractivity contribution in [1.82, 2.24) is 0 Å². The van der Waals surface area contributed by atoms with E-state index in [0.717, 1.165) is 5.56 Å². The van der Waals surface area contributed by atoms with Gasteiger partial charge in [-0.15, -0.1) is 0 Å². The van der Waals surface area contributed by atoms with Gasteiger partial charge >= 0.3 is 0 Å². The van der Waals surface area contributed by atoms with Crippen molar-refractivity contribution in [2.75, 3.05) is 0 Å². The third kappa shape index (κ3) is 2.58. The first-order valence-corrected chi connectivity index (χ1v) is 6.38. The molecule has 5 heteroatoms. The summed E-state index contributed by atoms with van der Waals surface area (Å²) in [7, 11) is 0. The summed E-state index contributed by atoms with van der Waals surface area (Å²) in [5.74, 6) is 0. The Morgan fingerprint density at radius 2 is 1.61 bits per heavy atom. The molecule has 0 aliphatic heterocycles. The molecule has 0 saturated heterocycles. The second-order valence-corrected chi connectivity index (χ2v) is 5.18. The Morgan fingerprint density at radius 3 is 2.28 bits per heavy atom. The van der Waals surface area contributed by atoms with Gasteiger partial charge < -0.3 is 0 Å². The summed E-state index contributed by atoms with van der Waals surface area (Å²) in [6, 6.07) is 10.3. The third-order valence-corrected chi connectivity index (χ3v) is 3.74. The van der Waals surface area contributed by atoms with E-state index in [1.165, 1.54) is 0 Å². The van der Waals surface area contributed by atoms with Crippen molar-refractivity contribution in [3.8, 4) is 17.2 Å². The molecule has 0 unspecified atom stereocenters. The Hall–Kier alpha value is -0.910. The standard InChI is InChI=1S/C13H5Cl4N/c14-9-4-10(13(17)12(16)5-9)7-1-2-11(15)8(3-7)6-18/h1-5H. The number of nitriles is 1. The molecule has 2 aromatic rings. The Bertz CT molecular complexity index is 659. The van der Waals surface area contributed by atoms with Crippen LogP contribution in [-0.2, 0) is 0 Å². The topological polar surface area (TPSA) is 23.8 Å². The van der Waals surface area contributed by atoms with Crippen LogP contribution in [-0.4, -0.2) is 0 Å². The SMILES string of the molecule is N#Cc1cc(-c2cc(Cl)cc(Cl)c2Cl)ccc1Cl. The van der Waals surface area contributed by atoms with E-state index < -0.39 is 0 Å². The molecule has 0 spiro atoms. The van der Waals surface area contributed by atoms with Crippen LogP contribution in [0.3, 0.4) is 0 Å². The highest BCUT2D eigenvalue weighted by Gasteiger charge is 2.11. The van der Waals surface area contributed by atoms with E-state index >= 15 is 0 Å². The van der Waals surface area contributed by atoms with E-state index in [9.17, 15) is 0 Å². The first kappa shape index (κ1) is 13.5. The van der Waals surface area contributed by atoms with Crippen LogP contribution >= 0.6 is 46.4 Å². The van der Waals surface area contributed by atoms with Crippen molar-refractivity contribution >= 4 is 46.4 Å². The smallest absolute Gasteiger partial charge is 0.101 e. The van der Waals surface area contributed by atoms with Crippen molar-refractivity contribution in [2.24, 2.45) is 0 Å². The monoisotopic (exact) mass is 315 g/mol. The van der Waals surface area contributed by atoms with E-state index in [1.54, 1.807) is 30.3 Å². The number of hydrogen-bond acceptors (Lipinski definition) is 1. The van der Waals surface area contributed by atoms with Gasteiger partial charge in [0.25, 0.3) is 0 Å². The molecule has 0 aromatic heterocycles. The molecule has 0 aliphatic carbocycles. The second kappa shape index (κ2) is 5.38. The van der Waals surface area contributed by atoms with Crippen LogP contribution < -0.4 is 0 Å². The van der Waals surface area contributed by atoms with E-state index in [4.69, 9.17) is 51.7 Å². The lowest BCUT2D eigenvalue weighted by atomic mass is 10.0. The minimum atomic E-state index is 0.368. The fourth-order valence-electron chi connectivity index (χ4n) is 1.54. The first-order chi connectivity index (χ1) is 8.52. The van der Waals surface area contributed by atoms with Gasteiger partial charge in [-0.3, -0.25) is 0 Å². The van der Waals surface area contributed by atoms with Gasteiger partial charge in [-0.25, -0.2) is 0 Å². The molecule has 0 aliphatic rings. The largest absolute Gasteiger partial charge is 0.192 e. The molecule has 0 heterocycles. The molecule has 90 valence electrons. The molecule has 0 saturated carbocycles. The van der Waals surface area contributed by atoms with E-state index in [0.29, 0.717) is 31.2 Å². The minimum Gasteiger partial charge on any atom is -0.192 e. The van der Waals surface area contributed by atoms with Gasteiger partial charge in [0.1, 0.15) is 6.07 Å². The van der Waals surface area contributed by atoms with Gasteiger partial charge in [-0.05, 0) is 29.8 Å². The molecule has 18 heavy (non-hydrogen) atoms. The normalized spacial score (nSPS) is 10.2. The summed E-state index contributed by atoms with van der Waals surface area (Å²) < 4.78 is 0. The molecule has 1 nitrogen and oxygen atoms in total. The summed E-state index contributed by atoms with van der Waals surface area (Å²) in [5, 5.41) is 10.6. The van der Waals surface area contributed by atoms with Crippen LogP contribution in [0.2, 0.25) is 20.1 Å². The Balaban J connectivity index is 2.66. The van der Waals surface area contributed by atoms with Gasteiger partial charge in [0.2, 0.25) is 0 Å². The summed E-state index contributed by atoms with van der Waals surface area (Å²) in [6.45, 7) is 0. The summed E-state index contributed by atoms with van der Waals surface area (Å²) in [5.41, 5.74) is 1.79.